The zero-order valence-electron chi connectivity index (χ0n) is 43.7. The van der Waals surface area contributed by atoms with E-state index in [9.17, 15) is 20.8 Å². The fourth-order valence-electron chi connectivity index (χ4n) is 13.7. The number of hydrogen-bond donors (Lipinski definition) is 2. The van der Waals surface area contributed by atoms with Crippen LogP contribution in [0.25, 0.3) is 89.7 Å². The number of nitrogens with one attached hydrogen (secondary N) is 2. The lowest BCUT2D eigenvalue weighted by molar-refractivity contribution is -0.266. The molecule has 0 spiro atoms. The van der Waals surface area contributed by atoms with Gasteiger partial charge in [0.25, 0.3) is 0 Å². The minimum atomic E-state index is -0.865. The lowest BCUT2D eigenvalue weighted by atomic mass is 9.87. The van der Waals surface area contributed by atoms with Crippen LogP contribution in [-0.4, -0.2) is 60.1 Å². The second kappa shape index (κ2) is 13.2. The predicted molar refractivity (Wildman–Crippen MR) is 270 cm³/mol. The first-order valence-electron chi connectivity index (χ1n) is 24.8. The highest BCUT2D eigenvalue weighted by Crippen LogP contribution is 2.56. The van der Waals surface area contributed by atoms with Crippen molar-refractivity contribution in [3.05, 3.63) is 93.0 Å². The second-order valence-corrected chi connectivity index (χ2v) is 25.0. The number of aromatic nitrogens is 8. The van der Waals surface area contributed by atoms with Crippen LogP contribution in [0.5, 0.6) is 0 Å². The molecule has 0 atom stereocenters. The van der Waals surface area contributed by atoms with Crippen LogP contribution in [0.4, 0.5) is 0 Å². The zero-order chi connectivity index (χ0) is 51.5. The molecule has 72 heavy (non-hydrogen) atoms. The highest BCUT2D eigenvalue weighted by molar-refractivity contribution is 6.07. The van der Waals surface area contributed by atoms with Gasteiger partial charge in [0.15, 0.2) is 23.3 Å². The maximum Gasteiger partial charge on any atom is 0.164 e. The lowest BCUT2D eigenvalue weighted by Gasteiger charge is -2.32. The number of rotatable bonds is 0. The van der Waals surface area contributed by atoms with Gasteiger partial charge in [-0.3, -0.25) is 0 Å². The van der Waals surface area contributed by atoms with Gasteiger partial charge in [-0.05, 0) is 204 Å². The third kappa shape index (κ3) is 5.33. The van der Waals surface area contributed by atoms with Gasteiger partial charge in [-0.15, -0.1) is 41.1 Å². The maximum atomic E-state index is 14.1. The first-order valence-corrected chi connectivity index (χ1v) is 24.8. The standard InChI is InChI=1S/C56H58N12O4/c1-49(2)33-17-25-26(18-34(33)50(3,4)65(49)69)42-57-41(25)61-43-27-19-35-36(52(7,8)66(70)51(35,5)6)20-28(27)45(58-43)63-47-31-23-39-40(56(15,16)68(72)55(39,13)14)24-32(31)48(60-47)64-46-30-22-38-37(21-29(30)44(59-46)62-42)53(9,10)67(71)54(38,11)12/h17-24H,1-16H3,(H2,57,58,59,60,61,62,63,64). The van der Waals surface area contributed by atoms with E-state index >= 15 is 0 Å². The summed E-state index contributed by atoms with van der Waals surface area (Å²) in [6.45, 7) is 31.0. The molecule has 7 aromatic rings. The molecule has 3 aromatic heterocycles. The summed E-state index contributed by atoms with van der Waals surface area (Å²) in [5, 5.41) is 64.0. The summed E-state index contributed by atoms with van der Waals surface area (Å²) >= 11 is 0. The van der Waals surface area contributed by atoms with Crippen LogP contribution >= 0.6 is 0 Å². The maximum absolute atomic E-state index is 14.1. The van der Waals surface area contributed by atoms with E-state index in [0.29, 0.717) is 68.1 Å². The fourth-order valence-corrected chi connectivity index (χ4v) is 13.7. The molecule has 13 rings (SSSR count). The molecule has 8 bridgehead atoms. The Bertz CT molecular complexity index is 3390. The Balaban J connectivity index is 1.22. The van der Waals surface area contributed by atoms with Gasteiger partial charge < -0.3 is 9.97 Å². The summed E-state index contributed by atoms with van der Waals surface area (Å²) in [6, 6.07) is 16.4. The molecule has 0 aliphatic carbocycles. The second-order valence-electron chi connectivity index (χ2n) is 25.0. The number of hydrogen-bond acceptors (Lipinski definition) is 10. The first kappa shape index (κ1) is 45.8. The molecule has 0 unspecified atom stereocenters. The van der Waals surface area contributed by atoms with E-state index in [2.05, 4.69) is 34.2 Å². The van der Waals surface area contributed by atoms with E-state index in [4.69, 9.17) is 29.9 Å². The minimum absolute atomic E-state index is 0.380. The topological polar surface area (TPSA) is 201 Å². The van der Waals surface area contributed by atoms with Crippen LogP contribution in [0.3, 0.4) is 0 Å². The Labute approximate surface area is 417 Å². The molecule has 16 heteroatoms. The number of benzene rings is 4. The minimum Gasteiger partial charge on any atom is -0.324 e. The van der Waals surface area contributed by atoms with Crippen LogP contribution in [0, 0.1) is 0 Å². The lowest BCUT2D eigenvalue weighted by Crippen LogP contribution is -2.41. The van der Waals surface area contributed by atoms with Crippen molar-refractivity contribution in [2.75, 3.05) is 0 Å². The summed E-state index contributed by atoms with van der Waals surface area (Å²) in [6.07, 6.45) is 0. The molecule has 366 valence electrons. The number of nitrogens with zero attached hydrogens (tertiary/aromatic N) is 10. The monoisotopic (exact) mass is 962 g/mol. The highest BCUT2D eigenvalue weighted by atomic mass is 16.5. The molecule has 4 radical (unpaired) electrons. The Kier molecular flexibility index (Phi) is 8.37. The summed E-state index contributed by atoms with van der Waals surface area (Å²) in [4.78, 5) is 39.3. The van der Waals surface area contributed by atoms with Crippen molar-refractivity contribution in [2.45, 2.75) is 155 Å². The number of aromatic amines is 2. The molecule has 0 amide bonds. The van der Waals surface area contributed by atoms with Crippen molar-refractivity contribution in [3.63, 3.8) is 0 Å². The van der Waals surface area contributed by atoms with E-state index < -0.39 is 44.3 Å². The molecule has 6 aliphatic rings. The molecule has 0 saturated carbocycles. The van der Waals surface area contributed by atoms with Gasteiger partial charge in [-0.1, -0.05) is 0 Å². The van der Waals surface area contributed by atoms with Crippen molar-refractivity contribution >= 4 is 44.1 Å². The third-order valence-electron chi connectivity index (χ3n) is 17.7. The van der Waals surface area contributed by atoms with E-state index in [1.807, 2.05) is 135 Å². The van der Waals surface area contributed by atoms with Crippen molar-refractivity contribution in [1.82, 2.24) is 60.1 Å². The zero-order valence-corrected chi connectivity index (χ0v) is 43.7. The average Bonchev–Trinajstić information content (AvgIpc) is 4.12. The van der Waals surface area contributed by atoms with Gasteiger partial charge >= 0.3 is 0 Å². The Hall–Kier alpha value is -6.08. The first-order chi connectivity index (χ1) is 33.3. The quantitative estimate of drug-likeness (QED) is 0.147. The van der Waals surface area contributed by atoms with Crippen molar-refractivity contribution in [1.29, 1.82) is 0 Å². The molecular weight excluding hydrogens is 905 g/mol. The van der Waals surface area contributed by atoms with Gasteiger partial charge in [-0.25, -0.2) is 29.9 Å². The largest absolute Gasteiger partial charge is 0.324 e. The molecule has 9 heterocycles. The van der Waals surface area contributed by atoms with E-state index in [1.165, 1.54) is 0 Å². The Morgan fingerprint density at radius 3 is 0.625 bits per heavy atom. The van der Waals surface area contributed by atoms with Crippen molar-refractivity contribution < 1.29 is 20.8 Å². The SMILES string of the molecule is CC1(C)c2cc3c(cc2C(C)(C)N1[O])-c1nc-3nc2[nH]c(nc3nc(nc4[nH]c(n1)c1cc5c(cc41)C(C)(C)N([O])C5(C)C)-c1cc4c(cc1-3)C(C)(C)N([O])C4(C)C)c1cc3c(cc21)C(C)(C)N([O])C3(C)C. The molecule has 0 fully saturated rings. The van der Waals surface area contributed by atoms with Gasteiger partial charge in [-0.2, -0.15) is 0 Å². The van der Waals surface area contributed by atoms with Gasteiger partial charge in [0.1, 0.15) is 22.6 Å². The van der Waals surface area contributed by atoms with Crippen LogP contribution in [0.1, 0.15) is 155 Å². The van der Waals surface area contributed by atoms with Crippen molar-refractivity contribution in [2.24, 2.45) is 0 Å². The smallest absolute Gasteiger partial charge is 0.164 e. The highest BCUT2D eigenvalue weighted by Gasteiger charge is 2.54. The normalized spacial score (nSPS) is 22.3. The Morgan fingerprint density at radius 2 is 0.444 bits per heavy atom. The van der Waals surface area contributed by atoms with Crippen LogP contribution in [-0.2, 0) is 65.1 Å². The third-order valence-corrected chi connectivity index (χ3v) is 17.7. The predicted octanol–water partition coefficient (Wildman–Crippen LogP) is 11.4. The molecule has 6 aliphatic heterocycles. The van der Waals surface area contributed by atoms with Crippen molar-refractivity contribution in [3.8, 4) is 45.6 Å². The summed E-state index contributed by atoms with van der Waals surface area (Å²) in [5.74, 6) is 1.52. The van der Waals surface area contributed by atoms with E-state index in [1.54, 1.807) is 0 Å². The molecular formula is C56H58N12O4. The summed E-state index contributed by atoms with van der Waals surface area (Å²) in [5.41, 5.74) is 4.79. The molecule has 0 saturated heterocycles. The molecule has 16 nitrogen and oxygen atoms in total. The average molecular weight is 963 g/mol. The van der Waals surface area contributed by atoms with Crippen LogP contribution < -0.4 is 0 Å². The van der Waals surface area contributed by atoms with Gasteiger partial charge in [0.2, 0.25) is 0 Å². The summed E-state index contributed by atoms with van der Waals surface area (Å²) < 4.78 is 0. The number of fused-ring (bicyclic) bond motifs is 24. The van der Waals surface area contributed by atoms with Gasteiger partial charge in [0.05, 0.1) is 44.3 Å². The van der Waals surface area contributed by atoms with Crippen LogP contribution in [0.2, 0.25) is 0 Å². The molecule has 4 aromatic carbocycles. The van der Waals surface area contributed by atoms with Gasteiger partial charge in [0, 0.05) is 43.8 Å². The number of H-pyrrole nitrogens is 2. The Morgan fingerprint density at radius 1 is 0.278 bits per heavy atom. The summed E-state index contributed by atoms with van der Waals surface area (Å²) in [7, 11) is 0. The van der Waals surface area contributed by atoms with E-state index in [-0.39, 0.29) is 0 Å². The van der Waals surface area contributed by atoms with Crippen LogP contribution in [0.15, 0.2) is 48.5 Å². The van der Waals surface area contributed by atoms with E-state index in [0.717, 1.165) is 86.3 Å². The molecule has 2 N–H and O–H groups in total. The fraction of sp³-hybridized carbons (Fsp3) is 0.429. The number of hydroxylamine groups is 8.